The maximum Gasteiger partial charge on any atom is 0.241 e. The maximum absolute atomic E-state index is 11.8. The number of carbonyl (C=O) groups excluding carboxylic acids is 1. The fourth-order valence-electron chi connectivity index (χ4n) is 1.41. The van der Waals surface area contributed by atoms with Gasteiger partial charge in [-0.05, 0) is 38.5 Å². The van der Waals surface area contributed by atoms with Crippen LogP contribution in [0.3, 0.4) is 0 Å². The number of carbonyl (C=O) groups is 1. The summed E-state index contributed by atoms with van der Waals surface area (Å²) < 4.78 is 5.05. The van der Waals surface area contributed by atoms with Gasteiger partial charge in [-0.15, -0.1) is 0 Å². The van der Waals surface area contributed by atoms with Crippen LogP contribution in [0.5, 0.6) is 5.75 Å². The predicted octanol–water partition coefficient (Wildman–Crippen LogP) is 1.61. The number of hydrogen-bond donors (Lipinski definition) is 2. The van der Waals surface area contributed by atoms with Crippen LogP contribution >= 0.6 is 0 Å². The largest absolute Gasteiger partial charge is 0.497 e. The summed E-state index contributed by atoms with van der Waals surface area (Å²) in [5.74, 6) is 0.569. The van der Waals surface area contributed by atoms with E-state index in [9.17, 15) is 4.79 Å². The zero-order valence-electron chi connectivity index (χ0n) is 10.8. The molecule has 1 aromatic carbocycles. The van der Waals surface area contributed by atoms with E-state index in [4.69, 9.17) is 10.5 Å². The molecule has 0 fully saturated rings. The van der Waals surface area contributed by atoms with E-state index in [2.05, 4.69) is 5.32 Å². The van der Waals surface area contributed by atoms with E-state index in [1.807, 2.05) is 20.8 Å². The first-order valence-electron chi connectivity index (χ1n) is 5.55. The molecule has 1 unspecified atom stereocenters. The van der Waals surface area contributed by atoms with Crippen LogP contribution in [0.2, 0.25) is 0 Å². The Morgan fingerprint density at radius 2 is 1.82 bits per heavy atom. The van der Waals surface area contributed by atoms with Gasteiger partial charge in [0, 0.05) is 5.54 Å². The number of nitrogens with two attached hydrogens (primary N) is 1. The van der Waals surface area contributed by atoms with Crippen molar-refractivity contribution in [3.63, 3.8) is 0 Å². The molecule has 0 aliphatic carbocycles. The van der Waals surface area contributed by atoms with Gasteiger partial charge in [-0.3, -0.25) is 4.79 Å². The van der Waals surface area contributed by atoms with Gasteiger partial charge in [0.2, 0.25) is 5.91 Å². The van der Waals surface area contributed by atoms with Gasteiger partial charge in [0.1, 0.15) is 11.8 Å². The van der Waals surface area contributed by atoms with Crippen molar-refractivity contribution in [2.75, 3.05) is 7.11 Å². The predicted molar refractivity (Wildman–Crippen MR) is 67.8 cm³/mol. The molecule has 0 heterocycles. The zero-order valence-corrected chi connectivity index (χ0v) is 10.8. The first-order chi connectivity index (χ1) is 7.83. The molecule has 0 saturated carbocycles. The third-order valence-electron chi connectivity index (χ3n) is 2.26. The Kier molecular flexibility index (Phi) is 4.12. The molecule has 3 N–H and O–H groups in total. The van der Waals surface area contributed by atoms with Gasteiger partial charge < -0.3 is 15.8 Å². The average molecular weight is 236 g/mol. The SMILES string of the molecule is COc1ccc(C(N)C(=O)NC(C)(C)C)cc1. The number of nitrogens with one attached hydrogen (secondary N) is 1. The van der Waals surface area contributed by atoms with Gasteiger partial charge in [-0.25, -0.2) is 0 Å². The highest BCUT2D eigenvalue weighted by Crippen LogP contribution is 2.16. The summed E-state index contributed by atoms with van der Waals surface area (Å²) in [6, 6.07) is 6.52. The average Bonchev–Trinajstić information content (AvgIpc) is 2.26. The molecule has 17 heavy (non-hydrogen) atoms. The number of rotatable bonds is 3. The summed E-state index contributed by atoms with van der Waals surface area (Å²) in [6.07, 6.45) is 0. The Morgan fingerprint density at radius 3 is 2.24 bits per heavy atom. The van der Waals surface area contributed by atoms with Crippen LogP contribution in [0.4, 0.5) is 0 Å². The Balaban J connectivity index is 2.74. The van der Waals surface area contributed by atoms with Crippen LogP contribution in [0.25, 0.3) is 0 Å². The lowest BCUT2D eigenvalue weighted by Gasteiger charge is -2.23. The molecular weight excluding hydrogens is 216 g/mol. The lowest BCUT2D eigenvalue weighted by atomic mass is 10.0. The van der Waals surface area contributed by atoms with Crippen molar-refractivity contribution in [2.45, 2.75) is 32.4 Å². The van der Waals surface area contributed by atoms with Crippen molar-refractivity contribution in [1.82, 2.24) is 5.32 Å². The normalized spacial score (nSPS) is 13.0. The molecule has 94 valence electrons. The molecule has 0 radical (unpaired) electrons. The van der Waals surface area contributed by atoms with Gasteiger partial charge in [0.05, 0.1) is 7.11 Å². The second kappa shape index (κ2) is 5.19. The molecule has 0 aromatic heterocycles. The Bertz CT molecular complexity index is 379. The van der Waals surface area contributed by atoms with Crippen LogP contribution in [0.15, 0.2) is 24.3 Å². The van der Waals surface area contributed by atoms with E-state index in [1.165, 1.54) is 0 Å². The topological polar surface area (TPSA) is 64.3 Å². The first kappa shape index (κ1) is 13.5. The van der Waals surface area contributed by atoms with Crippen molar-refractivity contribution >= 4 is 5.91 Å². The summed E-state index contributed by atoms with van der Waals surface area (Å²) in [5.41, 5.74) is 6.38. The summed E-state index contributed by atoms with van der Waals surface area (Å²) in [5, 5.41) is 2.85. The van der Waals surface area contributed by atoms with Crippen LogP contribution in [-0.4, -0.2) is 18.6 Å². The molecule has 0 bridgehead atoms. The lowest BCUT2D eigenvalue weighted by molar-refractivity contribution is -0.123. The fraction of sp³-hybridized carbons (Fsp3) is 0.462. The van der Waals surface area contributed by atoms with E-state index in [-0.39, 0.29) is 11.4 Å². The van der Waals surface area contributed by atoms with Crippen molar-refractivity contribution in [3.8, 4) is 5.75 Å². The highest BCUT2D eigenvalue weighted by Gasteiger charge is 2.20. The van der Waals surface area contributed by atoms with Crippen LogP contribution < -0.4 is 15.8 Å². The van der Waals surface area contributed by atoms with Gasteiger partial charge >= 0.3 is 0 Å². The second-order valence-corrected chi connectivity index (χ2v) is 4.99. The first-order valence-corrected chi connectivity index (χ1v) is 5.55. The van der Waals surface area contributed by atoms with Gasteiger partial charge in [-0.2, -0.15) is 0 Å². The fourth-order valence-corrected chi connectivity index (χ4v) is 1.41. The van der Waals surface area contributed by atoms with Crippen LogP contribution in [-0.2, 0) is 4.79 Å². The molecule has 0 spiro atoms. The minimum atomic E-state index is -0.653. The highest BCUT2D eigenvalue weighted by molar-refractivity contribution is 5.83. The molecule has 0 aliphatic rings. The summed E-state index contributed by atoms with van der Waals surface area (Å²) in [7, 11) is 1.60. The third kappa shape index (κ3) is 4.07. The summed E-state index contributed by atoms with van der Waals surface area (Å²) in [4.78, 5) is 11.8. The van der Waals surface area contributed by atoms with E-state index in [1.54, 1.807) is 31.4 Å². The van der Waals surface area contributed by atoms with E-state index in [0.717, 1.165) is 11.3 Å². The van der Waals surface area contributed by atoms with E-state index in [0.29, 0.717) is 0 Å². The Morgan fingerprint density at radius 1 is 1.29 bits per heavy atom. The van der Waals surface area contributed by atoms with Crippen molar-refractivity contribution < 1.29 is 9.53 Å². The van der Waals surface area contributed by atoms with Gasteiger partial charge in [0.15, 0.2) is 0 Å². The number of methoxy groups -OCH3 is 1. The quantitative estimate of drug-likeness (QED) is 0.838. The maximum atomic E-state index is 11.8. The van der Waals surface area contributed by atoms with Crippen molar-refractivity contribution in [1.29, 1.82) is 0 Å². The molecule has 1 amide bonds. The minimum absolute atomic E-state index is 0.178. The van der Waals surface area contributed by atoms with Gasteiger partial charge in [-0.1, -0.05) is 12.1 Å². The standard InChI is InChI=1S/C13H20N2O2/c1-13(2,3)15-12(16)11(14)9-5-7-10(17-4)8-6-9/h5-8,11H,14H2,1-4H3,(H,15,16). The molecule has 1 atom stereocenters. The molecular formula is C13H20N2O2. The molecule has 0 saturated heterocycles. The minimum Gasteiger partial charge on any atom is -0.497 e. The van der Waals surface area contributed by atoms with Crippen LogP contribution in [0, 0.1) is 0 Å². The van der Waals surface area contributed by atoms with Crippen LogP contribution in [0.1, 0.15) is 32.4 Å². The molecule has 1 rings (SSSR count). The smallest absolute Gasteiger partial charge is 0.241 e. The Hall–Kier alpha value is -1.55. The van der Waals surface area contributed by atoms with Crippen molar-refractivity contribution in [3.05, 3.63) is 29.8 Å². The van der Waals surface area contributed by atoms with Crippen molar-refractivity contribution in [2.24, 2.45) is 5.73 Å². The summed E-state index contributed by atoms with van der Waals surface area (Å²) >= 11 is 0. The number of amides is 1. The molecule has 4 heteroatoms. The highest BCUT2D eigenvalue weighted by atomic mass is 16.5. The van der Waals surface area contributed by atoms with E-state index < -0.39 is 6.04 Å². The molecule has 1 aromatic rings. The summed E-state index contributed by atoms with van der Waals surface area (Å²) in [6.45, 7) is 5.77. The van der Waals surface area contributed by atoms with E-state index >= 15 is 0 Å². The number of benzene rings is 1. The second-order valence-electron chi connectivity index (χ2n) is 4.99. The Labute approximate surface area is 102 Å². The number of ether oxygens (including phenoxy) is 1. The van der Waals surface area contributed by atoms with Gasteiger partial charge in [0.25, 0.3) is 0 Å². The zero-order chi connectivity index (χ0) is 13.1. The third-order valence-corrected chi connectivity index (χ3v) is 2.26. The lowest BCUT2D eigenvalue weighted by Crippen LogP contribution is -2.45. The monoisotopic (exact) mass is 236 g/mol. The number of hydrogen-bond acceptors (Lipinski definition) is 3. The molecule has 0 aliphatic heterocycles. The molecule has 4 nitrogen and oxygen atoms in total.